The molecule has 0 aliphatic carbocycles. The van der Waals surface area contributed by atoms with Gasteiger partial charge in [0.25, 0.3) is 0 Å². The number of alkyl carbamates (subject to hydrolysis) is 1. The van der Waals surface area contributed by atoms with Crippen LogP contribution in [0.4, 0.5) is 10.5 Å². The molecule has 0 saturated heterocycles. The van der Waals surface area contributed by atoms with E-state index in [4.69, 9.17) is 4.74 Å². The van der Waals surface area contributed by atoms with Crippen LogP contribution in [0.3, 0.4) is 0 Å². The van der Waals surface area contributed by atoms with Crippen molar-refractivity contribution in [3.8, 4) is 0 Å². The number of ether oxygens (including phenoxy) is 1. The molecule has 0 aliphatic rings. The monoisotopic (exact) mass is 342 g/mol. The van der Waals surface area contributed by atoms with Gasteiger partial charge in [0, 0.05) is 22.7 Å². The Morgan fingerprint density at radius 2 is 2.05 bits per heavy atom. The molecule has 2 N–H and O–H groups in total. The Hall–Kier alpha value is -1.23. The van der Waals surface area contributed by atoms with Crippen LogP contribution in [0, 0.1) is 6.92 Å². The fourth-order valence-corrected chi connectivity index (χ4v) is 2.00. The van der Waals surface area contributed by atoms with Gasteiger partial charge in [0.05, 0.1) is 0 Å². The second kappa shape index (κ2) is 6.97. The van der Waals surface area contributed by atoms with E-state index in [9.17, 15) is 4.79 Å². The van der Waals surface area contributed by atoms with Gasteiger partial charge in [-0.2, -0.15) is 0 Å². The summed E-state index contributed by atoms with van der Waals surface area (Å²) in [5, 5.41) is 6.11. The molecule has 0 heterocycles. The average Bonchev–Trinajstić information content (AvgIpc) is 2.30. The Labute approximate surface area is 129 Å². The van der Waals surface area contributed by atoms with Gasteiger partial charge in [0.15, 0.2) is 0 Å². The van der Waals surface area contributed by atoms with Crippen molar-refractivity contribution < 1.29 is 9.53 Å². The third-order valence-electron chi connectivity index (χ3n) is 2.55. The van der Waals surface area contributed by atoms with Crippen LogP contribution in [0.2, 0.25) is 0 Å². The highest BCUT2D eigenvalue weighted by Crippen LogP contribution is 2.26. The number of anilines is 1. The molecule has 112 valence electrons. The predicted molar refractivity (Wildman–Crippen MR) is 86.2 cm³/mol. The van der Waals surface area contributed by atoms with Crippen LogP contribution < -0.4 is 10.6 Å². The van der Waals surface area contributed by atoms with E-state index in [-0.39, 0.29) is 6.04 Å². The lowest BCUT2D eigenvalue weighted by atomic mass is 10.2. The van der Waals surface area contributed by atoms with E-state index in [0.29, 0.717) is 6.54 Å². The normalized spacial score (nSPS) is 12.7. The minimum atomic E-state index is -0.472. The molecule has 0 saturated carbocycles. The first-order valence-corrected chi connectivity index (χ1v) is 7.47. The summed E-state index contributed by atoms with van der Waals surface area (Å²) in [6.45, 7) is 10.1. The largest absolute Gasteiger partial charge is 0.444 e. The van der Waals surface area contributed by atoms with E-state index in [1.165, 1.54) is 5.56 Å². The molecular weight excluding hydrogens is 320 g/mol. The molecule has 1 aromatic carbocycles. The molecule has 0 spiro atoms. The van der Waals surface area contributed by atoms with Crippen LogP contribution in [0.25, 0.3) is 0 Å². The van der Waals surface area contributed by atoms with Crippen molar-refractivity contribution in [1.82, 2.24) is 5.32 Å². The number of halogens is 1. The minimum Gasteiger partial charge on any atom is -0.444 e. The predicted octanol–water partition coefficient (Wildman–Crippen LogP) is 4.08. The lowest BCUT2D eigenvalue weighted by Gasteiger charge is -2.22. The van der Waals surface area contributed by atoms with Gasteiger partial charge in [-0.1, -0.05) is 12.1 Å². The van der Waals surface area contributed by atoms with Crippen molar-refractivity contribution in [2.45, 2.75) is 46.3 Å². The second-order valence-electron chi connectivity index (χ2n) is 5.86. The Morgan fingerprint density at radius 1 is 1.40 bits per heavy atom. The molecule has 0 aromatic heterocycles. The van der Waals surface area contributed by atoms with Gasteiger partial charge in [-0.05, 0) is 62.2 Å². The van der Waals surface area contributed by atoms with E-state index in [1.807, 2.05) is 52.8 Å². The summed E-state index contributed by atoms with van der Waals surface area (Å²) in [5.41, 5.74) is 1.71. The maximum atomic E-state index is 11.6. The van der Waals surface area contributed by atoms with Crippen LogP contribution >= 0.6 is 15.9 Å². The maximum absolute atomic E-state index is 11.6. The number of benzene rings is 1. The van der Waals surface area contributed by atoms with E-state index in [2.05, 4.69) is 26.6 Å². The van der Waals surface area contributed by atoms with E-state index < -0.39 is 11.7 Å². The van der Waals surface area contributed by atoms with Crippen LogP contribution in [-0.2, 0) is 4.74 Å². The van der Waals surface area contributed by atoms with Crippen molar-refractivity contribution >= 4 is 27.7 Å². The van der Waals surface area contributed by atoms with Crippen molar-refractivity contribution in [3.63, 3.8) is 0 Å². The average molecular weight is 343 g/mol. The topological polar surface area (TPSA) is 50.4 Å². The molecular formula is C15H23BrN2O2. The summed E-state index contributed by atoms with van der Waals surface area (Å²) in [6.07, 6.45) is -0.394. The molecule has 5 heteroatoms. The Bertz CT molecular complexity index is 469. The first-order valence-electron chi connectivity index (χ1n) is 6.67. The Morgan fingerprint density at radius 3 is 2.65 bits per heavy atom. The van der Waals surface area contributed by atoms with E-state index >= 15 is 0 Å². The fraction of sp³-hybridized carbons (Fsp3) is 0.533. The number of hydrogen-bond acceptors (Lipinski definition) is 3. The van der Waals surface area contributed by atoms with Crippen molar-refractivity contribution in [3.05, 3.63) is 28.2 Å². The summed E-state index contributed by atoms with van der Waals surface area (Å²) in [4.78, 5) is 11.6. The summed E-state index contributed by atoms with van der Waals surface area (Å²) >= 11 is 3.55. The standard InChI is InChI=1S/C15H23BrN2O2/c1-10-7-6-8-12(13(10)16)18-11(2)9-17-14(19)20-15(3,4)5/h6-8,11,18H,9H2,1-5H3,(H,17,19). The highest BCUT2D eigenvalue weighted by molar-refractivity contribution is 9.10. The highest BCUT2D eigenvalue weighted by Gasteiger charge is 2.16. The quantitative estimate of drug-likeness (QED) is 0.866. The van der Waals surface area contributed by atoms with Crippen molar-refractivity contribution in [2.24, 2.45) is 0 Å². The molecule has 0 aliphatic heterocycles. The molecule has 0 fully saturated rings. The van der Waals surface area contributed by atoms with Gasteiger partial charge in [-0.15, -0.1) is 0 Å². The van der Waals surface area contributed by atoms with Gasteiger partial charge >= 0.3 is 6.09 Å². The van der Waals surface area contributed by atoms with Crippen molar-refractivity contribution in [1.29, 1.82) is 0 Å². The number of carbonyl (C=O) groups excluding carboxylic acids is 1. The fourth-order valence-electron chi connectivity index (χ4n) is 1.63. The van der Waals surface area contributed by atoms with E-state index in [0.717, 1.165) is 10.2 Å². The van der Waals surface area contributed by atoms with Gasteiger partial charge < -0.3 is 15.4 Å². The summed E-state index contributed by atoms with van der Waals surface area (Å²) < 4.78 is 6.24. The summed E-state index contributed by atoms with van der Waals surface area (Å²) in [7, 11) is 0. The first-order chi connectivity index (χ1) is 9.19. The number of nitrogens with one attached hydrogen (secondary N) is 2. The lowest BCUT2D eigenvalue weighted by Crippen LogP contribution is -2.38. The molecule has 0 radical (unpaired) electrons. The van der Waals surface area contributed by atoms with Gasteiger partial charge in [0.2, 0.25) is 0 Å². The smallest absolute Gasteiger partial charge is 0.407 e. The number of rotatable bonds is 4. The SMILES string of the molecule is Cc1cccc(NC(C)CNC(=O)OC(C)(C)C)c1Br. The molecule has 20 heavy (non-hydrogen) atoms. The number of aryl methyl sites for hydroxylation is 1. The molecule has 1 rings (SSSR count). The minimum absolute atomic E-state index is 0.0978. The van der Waals surface area contributed by atoms with Crippen LogP contribution in [-0.4, -0.2) is 24.3 Å². The third-order valence-corrected chi connectivity index (χ3v) is 3.60. The Balaban J connectivity index is 2.46. The molecule has 1 unspecified atom stereocenters. The Kier molecular flexibility index (Phi) is 5.87. The van der Waals surface area contributed by atoms with Gasteiger partial charge in [0.1, 0.15) is 5.60 Å². The van der Waals surface area contributed by atoms with Crippen LogP contribution in [0.5, 0.6) is 0 Å². The molecule has 1 amide bonds. The lowest BCUT2D eigenvalue weighted by molar-refractivity contribution is 0.0526. The molecule has 0 bridgehead atoms. The van der Waals surface area contributed by atoms with Gasteiger partial charge in [-0.25, -0.2) is 4.79 Å². The van der Waals surface area contributed by atoms with Gasteiger partial charge in [-0.3, -0.25) is 0 Å². The zero-order chi connectivity index (χ0) is 15.3. The number of carbonyl (C=O) groups is 1. The van der Waals surface area contributed by atoms with Crippen LogP contribution in [0.1, 0.15) is 33.3 Å². The zero-order valence-electron chi connectivity index (χ0n) is 12.7. The highest BCUT2D eigenvalue weighted by atomic mass is 79.9. The molecule has 1 atom stereocenters. The maximum Gasteiger partial charge on any atom is 0.407 e. The molecule has 4 nitrogen and oxygen atoms in total. The second-order valence-corrected chi connectivity index (χ2v) is 6.66. The molecule has 1 aromatic rings. The van der Waals surface area contributed by atoms with Crippen molar-refractivity contribution in [2.75, 3.05) is 11.9 Å². The van der Waals surface area contributed by atoms with Crippen LogP contribution in [0.15, 0.2) is 22.7 Å². The number of hydrogen-bond donors (Lipinski definition) is 2. The number of amides is 1. The first kappa shape index (κ1) is 16.8. The third kappa shape index (κ3) is 5.82. The zero-order valence-corrected chi connectivity index (χ0v) is 14.3. The summed E-state index contributed by atoms with van der Waals surface area (Å²) in [5.74, 6) is 0. The van der Waals surface area contributed by atoms with E-state index in [1.54, 1.807) is 0 Å². The summed E-state index contributed by atoms with van der Waals surface area (Å²) in [6, 6.07) is 6.14.